The number of fused-ring (bicyclic) bond motifs is 1. The van der Waals surface area contributed by atoms with Crippen molar-refractivity contribution in [2.24, 2.45) is 0 Å². The molecule has 2 N–H and O–H groups in total. The van der Waals surface area contributed by atoms with E-state index in [-0.39, 0.29) is 16.5 Å². The van der Waals surface area contributed by atoms with E-state index in [2.05, 4.69) is 10.3 Å². The van der Waals surface area contributed by atoms with E-state index in [0.29, 0.717) is 16.5 Å². The van der Waals surface area contributed by atoms with Crippen LogP contribution in [0.15, 0.2) is 52.1 Å². The van der Waals surface area contributed by atoms with E-state index in [0.717, 1.165) is 5.52 Å². The van der Waals surface area contributed by atoms with Gasteiger partial charge < -0.3 is 14.8 Å². The number of rotatable bonds is 5. The van der Waals surface area contributed by atoms with E-state index in [9.17, 15) is 9.59 Å². The second kappa shape index (κ2) is 7.16. The molecular weight excluding hydrogens is 364 g/mol. The van der Waals surface area contributed by atoms with E-state index in [1.54, 1.807) is 19.1 Å². The number of hydrogen-bond acceptors (Lipinski definition) is 5. The van der Waals surface area contributed by atoms with Crippen molar-refractivity contribution in [3.63, 3.8) is 0 Å². The summed E-state index contributed by atoms with van der Waals surface area (Å²) >= 11 is 7.00. The van der Waals surface area contributed by atoms with Gasteiger partial charge in [-0.15, -0.1) is 0 Å². The lowest BCUT2D eigenvalue weighted by molar-refractivity contribution is -0.115. The van der Waals surface area contributed by atoms with Gasteiger partial charge in [0.15, 0.2) is 5.58 Å². The maximum atomic E-state index is 12.3. The van der Waals surface area contributed by atoms with Gasteiger partial charge in [0.25, 0.3) is 5.22 Å². The fourth-order valence-corrected chi connectivity index (χ4v) is 3.07. The fourth-order valence-electron chi connectivity index (χ4n) is 2.12. The number of amides is 1. The van der Waals surface area contributed by atoms with Crippen LogP contribution in [-0.4, -0.2) is 27.2 Å². The molecular formula is C17H13ClN2O4S. The highest BCUT2D eigenvalue weighted by Gasteiger charge is 2.19. The molecule has 0 spiro atoms. The van der Waals surface area contributed by atoms with Gasteiger partial charge in [-0.05, 0) is 37.3 Å². The number of para-hydroxylation sites is 2. The molecule has 3 rings (SSSR count). The first-order valence-electron chi connectivity index (χ1n) is 7.30. The zero-order valence-electron chi connectivity index (χ0n) is 13.0. The molecule has 0 aliphatic carbocycles. The number of halogens is 1. The summed E-state index contributed by atoms with van der Waals surface area (Å²) in [5.74, 6) is -1.46. The molecule has 0 saturated heterocycles. The van der Waals surface area contributed by atoms with Crippen molar-refractivity contribution >= 4 is 52.0 Å². The normalized spacial score (nSPS) is 12.1. The van der Waals surface area contributed by atoms with Crippen molar-refractivity contribution in [3.05, 3.63) is 53.1 Å². The van der Waals surface area contributed by atoms with E-state index in [1.807, 2.05) is 18.2 Å². The SMILES string of the molecule is CC(Sc1nc2ccccc2o1)C(=O)Nc1ccc(Cl)c(C(=O)O)c1. The Bertz CT molecular complexity index is 924. The third-order valence-electron chi connectivity index (χ3n) is 3.39. The average molecular weight is 377 g/mol. The smallest absolute Gasteiger partial charge is 0.337 e. The number of carbonyl (C=O) groups excluding carboxylic acids is 1. The molecule has 0 aliphatic rings. The number of hydrogen-bond donors (Lipinski definition) is 2. The molecule has 25 heavy (non-hydrogen) atoms. The van der Waals surface area contributed by atoms with Crippen LogP contribution in [0.5, 0.6) is 0 Å². The summed E-state index contributed by atoms with van der Waals surface area (Å²) in [4.78, 5) is 27.7. The van der Waals surface area contributed by atoms with Crippen molar-refractivity contribution in [2.75, 3.05) is 5.32 Å². The van der Waals surface area contributed by atoms with Crippen molar-refractivity contribution < 1.29 is 19.1 Å². The van der Waals surface area contributed by atoms with E-state index < -0.39 is 11.2 Å². The number of aromatic carboxylic acids is 1. The molecule has 1 atom stereocenters. The Labute approximate surface area is 152 Å². The number of thioether (sulfide) groups is 1. The zero-order chi connectivity index (χ0) is 18.0. The Kier molecular flexibility index (Phi) is 4.96. The van der Waals surface area contributed by atoms with Gasteiger partial charge in [0, 0.05) is 5.69 Å². The minimum absolute atomic E-state index is 0.0706. The number of nitrogens with one attached hydrogen (secondary N) is 1. The highest BCUT2D eigenvalue weighted by atomic mass is 35.5. The molecule has 0 saturated carbocycles. The number of carbonyl (C=O) groups is 2. The Morgan fingerprint density at radius 3 is 2.76 bits per heavy atom. The van der Waals surface area contributed by atoms with Gasteiger partial charge in [-0.3, -0.25) is 4.79 Å². The van der Waals surface area contributed by atoms with Gasteiger partial charge in [-0.25, -0.2) is 9.78 Å². The molecule has 1 heterocycles. The van der Waals surface area contributed by atoms with Crippen LogP contribution in [0.25, 0.3) is 11.1 Å². The predicted octanol–water partition coefficient (Wildman–Crippen LogP) is 4.30. The van der Waals surface area contributed by atoms with E-state index in [1.165, 1.54) is 23.9 Å². The van der Waals surface area contributed by atoms with Crippen LogP contribution < -0.4 is 5.32 Å². The minimum atomic E-state index is -1.16. The van der Waals surface area contributed by atoms with Crippen LogP contribution in [0.4, 0.5) is 5.69 Å². The molecule has 0 radical (unpaired) electrons. The average Bonchev–Trinajstić information content (AvgIpc) is 2.98. The molecule has 2 aromatic carbocycles. The predicted molar refractivity (Wildman–Crippen MR) is 96.4 cm³/mol. The molecule has 3 aromatic rings. The third-order valence-corrected chi connectivity index (χ3v) is 4.66. The molecule has 8 heteroatoms. The summed E-state index contributed by atoms with van der Waals surface area (Å²) in [5, 5.41) is 11.8. The second-order valence-electron chi connectivity index (χ2n) is 5.20. The van der Waals surface area contributed by atoms with Gasteiger partial charge in [0.1, 0.15) is 5.52 Å². The molecule has 1 aromatic heterocycles. The van der Waals surface area contributed by atoms with Crippen LogP contribution in [0.2, 0.25) is 5.02 Å². The van der Waals surface area contributed by atoms with Gasteiger partial charge in [0.2, 0.25) is 5.91 Å². The zero-order valence-corrected chi connectivity index (χ0v) is 14.6. The summed E-state index contributed by atoms with van der Waals surface area (Å²) < 4.78 is 5.58. The first-order valence-corrected chi connectivity index (χ1v) is 8.56. The molecule has 0 fully saturated rings. The third kappa shape index (κ3) is 3.94. The Morgan fingerprint density at radius 2 is 2.04 bits per heavy atom. The molecule has 1 unspecified atom stereocenters. The Balaban J connectivity index is 1.70. The van der Waals surface area contributed by atoms with Gasteiger partial charge in [-0.1, -0.05) is 35.5 Å². The van der Waals surface area contributed by atoms with Crippen LogP contribution in [0.1, 0.15) is 17.3 Å². The first-order chi connectivity index (χ1) is 11.9. The first kappa shape index (κ1) is 17.3. The fraction of sp³-hybridized carbons (Fsp3) is 0.118. The maximum absolute atomic E-state index is 12.3. The monoisotopic (exact) mass is 376 g/mol. The van der Waals surface area contributed by atoms with Crippen molar-refractivity contribution in [2.45, 2.75) is 17.4 Å². The summed E-state index contributed by atoms with van der Waals surface area (Å²) in [5.41, 5.74) is 1.67. The van der Waals surface area contributed by atoms with E-state index >= 15 is 0 Å². The Hall–Kier alpha value is -2.51. The highest BCUT2D eigenvalue weighted by molar-refractivity contribution is 8.00. The summed E-state index contributed by atoms with van der Waals surface area (Å²) in [6.45, 7) is 1.71. The second-order valence-corrected chi connectivity index (χ2v) is 6.90. The van der Waals surface area contributed by atoms with Crippen molar-refractivity contribution in [1.29, 1.82) is 0 Å². The molecule has 1 amide bonds. The Morgan fingerprint density at radius 1 is 1.28 bits per heavy atom. The van der Waals surface area contributed by atoms with Crippen LogP contribution in [-0.2, 0) is 4.79 Å². The number of anilines is 1. The number of carboxylic acids is 1. The topological polar surface area (TPSA) is 92.4 Å². The summed E-state index contributed by atoms with van der Waals surface area (Å²) in [7, 11) is 0. The van der Waals surface area contributed by atoms with Gasteiger partial charge in [-0.2, -0.15) is 0 Å². The van der Waals surface area contributed by atoms with Crippen LogP contribution in [0.3, 0.4) is 0 Å². The lowest BCUT2D eigenvalue weighted by Gasteiger charge is -2.11. The lowest BCUT2D eigenvalue weighted by Crippen LogP contribution is -2.22. The van der Waals surface area contributed by atoms with Crippen molar-refractivity contribution in [1.82, 2.24) is 4.98 Å². The molecule has 128 valence electrons. The van der Waals surface area contributed by atoms with Crippen LogP contribution >= 0.6 is 23.4 Å². The summed E-state index contributed by atoms with van der Waals surface area (Å²) in [6.07, 6.45) is 0. The van der Waals surface area contributed by atoms with Gasteiger partial charge in [0.05, 0.1) is 15.8 Å². The van der Waals surface area contributed by atoms with Crippen LogP contribution in [0, 0.1) is 0 Å². The molecule has 0 aliphatic heterocycles. The van der Waals surface area contributed by atoms with Gasteiger partial charge >= 0.3 is 5.97 Å². The van der Waals surface area contributed by atoms with E-state index in [4.69, 9.17) is 21.1 Å². The highest BCUT2D eigenvalue weighted by Crippen LogP contribution is 2.27. The standard InChI is InChI=1S/C17H13ClN2O4S/c1-9(25-17-20-13-4-2-3-5-14(13)24-17)15(21)19-10-6-7-12(18)11(8-10)16(22)23/h2-9H,1H3,(H,19,21)(H,22,23). The number of oxazole rings is 1. The molecule has 6 nitrogen and oxygen atoms in total. The largest absolute Gasteiger partial charge is 0.478 e. The van der Waals surface area contributed by atoms with Crippen molar-refractivity contribution in [3.8, 4) is 0 Å². The number of nitrogens with zero attached hydrogens (tertiary/aromatic N) is 1. The number of aromatic nitrogens is 1. The number of carboxylic acid groups (broad SMARTS) is 1. The molecule has 0 bridgehead atoms. The lowest BCUT2D eigenvalue weighted by atomic mass is 10.2. The quantitative estimate of drug-likeness (QED) is 0.645. The summed E-state index contributed by atoms with van der Waals surface area (Å²) in [6, 6.07) is 11.6. The number of benzene rings is 2. The minimum Gasteiger partial charge on any atom is -0.478 e. The maximum Gasteiger partial charge on any atom is 0.337 e.